The minimum atomic E-state index is -0.316. The van der Waals surface area contributed by atoms with E-state index in [-0.39, 0.29) is 11.6 Å². The molecule has 126 valence electrons. The summed E-state index contributed by atoms with van der Waals surface area (Å²) >= 11 is 0. The van der Waals surface area contributed by atoms with Gasteiger partial charge in [-0.1, -0.05) is 12.1 Å². The zero-order valence-electron chi connectivity index (χ0n) is 13.6. The Kier molecular flexibility index (Phi) is 5.22. The van der Waals surface area contributed by atoms with E-state index in [9.17, 15) is 4.79 Å². The first-order chi connectivity index (χ1) is 11.8. The highest BCUT2D eigenvalue weighted by molar-refractivity contribution is 6.03. The molecule has 3 rings (SSSR count). The van der Waals surface area contributed by atoms with Gasteiger partial charge in [0.05, 0.1) is 25.5 Å². The SMILES string of the molecule is CCOc1ccccc1NC(=O)c1ccc(N2CCOCC2)nn1. The number of anilines is 2. The van der Waals surface area contributed by atoms with Gasteiger partial charge >= 0.3 is 0 Å². The van der Waals surface area contributed by atoms with Crippen LogP contribution in [0.5, 0.6) is 5.75 Å². The number of nitrogens with one attached hydrogen (secondary N) is 1. The molecule has 1 aliphatic rings. The summed E-state index contributed by atoms with van der Waals surface area (Å²) in [6, 6.07) is 10.8. The third-order valence-corrected chi connectivity index (χ3v) is 3.65. The lowest BCUT2D eigenvalue weighted by atomic mass is 10.2. The van der Waals surface area contributed by atoms with Crippen LogP contribution in [-0.2, 0) is 4.74 Å². The van der Waals surface area contributed by atoms with Gasteiger partial charge in [0.1, 0.15) is 5.75 Å². The summed E-state index contributed by atoms with van der Waals surface area (Å²) in [5.74, 6) is 1.07. The molecule has 1 aromatic heterocycles. The second-order valence-corrected chi connectivity index (χ2v) is 5.26. The van der Waals surface area contributed by atoms with Crippen molar-refractivity contribution in [2.45, 2.75) is 6.92 Å². The van der Waals surface area contributed by atoms with Crippen molar-refractivity contribution >= 4 is 17.4 Å². The topological polar surface area (TPSA) is 76.6 Å². The summed E-state index contributed by atoms with van der Waals surface area (Å²) in [7, 11) is 0. The smallest absolute Gasteiger partial charge is 0.276 e. The maximum atomic E-state index is 12.4. The van der Waals surface area contributed by atoms with Crippen LogP contribution in [0.4, 0.5) is 11.5 Å². The summed E-state index contributed by atoms with van der Waals surface area (Å²) in [5, 5.41) is 11.0. The standard InChI is InChI=1S/C17H20N4O3/c1-2-24-15-6-4-3-5-13(15)18-17(22)14-7-8-16(20-19-14)21-9-11-23-12-10-21/h3-8H,2,9-12H2,1H3,(H,18,22). The largest absolute Gasteiger partial charge is 0.492 e. The van der Waals surface area contributed by atoms with Gasteiger partial charge in [-0.3, -0.25) is 4.79 Å². The van der Waals surface area contributed by atoms with Gasteiger partial charge < -0.3 is 19.7 Å². The van der Waals surface area contributed by atoms with E-state index in [0.29, 0.717) is 31.3 Å². The quantitative estimate of drug-likeness (QED) is 0.904. The number of carbonyl (C=O) groups excluding carboxylic acids is 1. The number of aromatic nitrogens is 2. The first-order valence-corrected chi connectivity index (χ1v) is 7.97. The molecule has 1 N–H and O–H groups in total. The number of carbonyl (C=O) groups is 1. The van der Waals surface area contributed by atoms with Crippen LogP contribution in [0.2, 0.25) is 0 Å². The summed E-state index contributed by atoms with van der Waals surface area (Å²) in [5.41, 5.74) is 0.877. The van der Waals surface area contributed by atoms with Crippen molar-refractivity contribution in [3.05, 3.63) is 42.1 Å². The van der Waals surface area contributed by atoms with Crippen molar-refractivity contribution in [1.82, 2.24) is 10.2 Å². The Labute approximate surface area is 140 Å². The Balaban J connectivity index is 1.69. The molecule has 2 heterocycles. The molecule has 1 fully saturated rings. The number of nitrogens with zero attached hydrogens (tertiary/aromatic N) is 3. The predicted octanol–water partition coefficient (Wildman–Crippen LogP) is 1.96. The lowest BCUT2D eigenvalue weighted by molar-refractivity contribution is 0.102. The van der Waals surface area contributed by atoms with Crippen molar-refractivity contribution in [2.75, 3.05) is 43.1 Å². The fraction of sp³-hybridized carbons (Fsp3) is 0.353. The summed E-state index contributed by atoms with van der Waals surface area (Å²) in [6.07, 6.45) is 0. The molecule has 1 aromatic carbocycles. The van der Waals surface area contributed by atoms with E-state index < -0.39 is 0 Å². The third-order valence-electron chi connectivity index (χ3n) is 3.65. The van der Waals surface area contributed by atoms with Crippen LogP contribution in [0.25, 0.3) is 0 Å². The number of benzene rings is 1. The van der Waals surface area contributed by atoms with Gasteiger partial charge in [0, 0.05) is 13.1 Å². The van der Waals surface area contributed by atoms with Crippen LogP contribution in [0.1, 0.15) is 17.4 Å². The van der Waals surface area contributed by atoms with Crippen LogP contribution >= 0.6 is 0 Å². The minimum absolute atomic E-state index is 0.262. The molecule has 2 aromatic rings. The molecule has 0 atom stereocenters. The minimum Gasteiger partial charge on any atom is -0.492 e. The van der Waals surface area contributed by atoms with Crippen molar-refractivity contribution < 1.29 is 14.3 Å². The second kappa shape index (κ2) is 7.74. The fourth-order valence-corrected chi connectivity index (χ4v) is 2.45. The molecule has 1 aliphatic heterocycles. The predicted molar refractivity (Wildman–Crippen MR) is 90.6 cm³/mol. The Morgan fingerprint density at radius 3 is 2.71 bits per heavy atom. The highest BCUT2D eigenvalue weighted by atomic mass is 16.5. The molecule has 0 radical (unpaired) electrons. The highest BCUT2D eigenvalue weighted by Gasteiger charge is 2.15. The molecular formula is C17H20N4O3. The van der Waals surface area contributed by atoms with Gasteiger partial charge in [-0.25, -0.2) is 0 Å². The molecule has 0 saturated carbocycles. The number of amides is 1. The van der Waals surface area contributed by atoms with Crippen LogP contribution < -0.4 is 15.0 Å². The Morgan fingerprint density at radius 2 is 2.00 bits per heavy atom. The average Bonchev–Trinajstić information content (AvgIpc) is 2.64. The maximum absolute atomic E-state index is 12.4. The highest BCUT2D eigenvalue weighted by Crippen LogP contribution is 2.24. The number of rotatable bonds is 5. The van der Waals surface area contributed by atoms with E-state index in [1.54, 1.807) is 12.1 Å². The van der Waals surface area contributed by atoms with Gasteiger partial charge in [0.2, 0.25) is 0 Å². The Bertz CT molecular complexity index is 684. The first-order valence-electron chi connectivity index (χ1n) is 7.97. The first kappa shape index (κ1) is 16.2. The molecule has 7 heteroatoms. The molecule has 24 heavy (non-hydrogen) atoms. The van der Waals surface area contributed by atoms with Gasteiger partial charge in [-0.2, -0.15) is 0 Å². The van der Waals surface area contributed by atoms with E-state index >= 15 is 0 Å². The van der Waals surface area contributed by atoms with Crippen molar-refractivity contribution in [2.24, 2.45) is 0 Å². The zero-order valence-corrected chi connectivity index (χ0v) is 13.6. The van der Waals surface area contributed by atoms with E-state index in [1.165, 1.54) is 0 Å². The van der Waals surface area contributed by atoms with Crippen LogP contribution in [0.3, 0.4) is 0 Å². The maximum Gasteiger partial charge on any atom is 0.276 e. The van der Waals surface area contributed by atoms with Crippen LogP contribution in [0, 0.1) is 0 Å². The number of para-hydroxylation sites is 2. The van der Waals surface area contributed by atoms with E-state index in [4.69, 9.17) is 9.47 Å². The summed E-state index contributed by atoms with van der Waals surface area (Å²) < 4.78 is 10.8. The van der Waals surface area contributed by atoms with Crippen molar-refractivity contribution in [3.63, 3.8) is 0 Å². The summed E-state index contributed by atoms with van der Waals surface area (Å²) in [4.78, 5) is 14.4. The van der Waals surface area contributed by atoms with Gasteiger partial charge in [-0.15, -0.1) is 10.2 Å². The zero-order chi connectivity index (χ0) is 16.8. The summed E-state index contributed by atoms with van der Waals surface area (Å²) in [6.45, 7) is 5.34. The molecule has 0 bridgehead atoms. The lowest BCUT2D eigenvalue weighted by Crippen LogP contribution is -2.37. The number of hydrogen-bond donors (Lipinski definition) is 1. The normalized spacial score (nSPS) is 14.3. The van der Waals surface area contributed by atoms with E-state index in [0.717, 1.165) is 18.9 Å². The van der Waals surface area contributed by atoms with E-state index in [2.05, 4.69) is 20.4 Å². The molecule has 0 aliphatic carbocycles. The lowest BCUT2D eigenvalue weighted by Gasteiger charge is -2.27. The molecule has 7 nitrogen and oxygen atoms in total. The van der Waals surface area contributed by atoms with Gasteiger partial charge in [0.25, 0.3) is 5.91 Å². The number of morpholine rings is 1. The second-order valence-electron chi connectivity index (χ2n) is 5.26. The fourth-order valence-electron chi connectivity index (χ4n) is 2.45. The Morgan fingerprint density at radius 1 is 1.21 bits per heavy atom. The third kappa shape index (κ3) is 3.80. The van der Waals surface area contributed by atoms with Gasteiger partial charge in [-0.05, 0) is 31.2 Å². The average molecular weight is 328 g/mol. The monoisotopic (exact) mass is 328 g/mol. The molecule has 1 amide bonds. The van der Waals surface area contributed by atoms with Gasteiger partial charge in [0.15, 0.2) is 11.5 Å². The molecule has 0 spiro atoms. The van der Waals surface area contributed by atoms with Crippen molar-refractivity contribution in [3.8, 4) is 5.75 Å². The Hall–Kier alpha value is -2.67. The number of ether oxygens (including phenoxy) is 2. The van der Waals surface area contributed by atoms with Crippen molar-refractivity contribution in [1.29, 1.82) is 0 Å². The number of hydrogen-bond acceptors (Lipinski definition) is 6. The van der Waals surface area contributed by atoms with Crippen LogP contribution in [-0.4, -0.2) is 49.0 Å². The molecule has 0 unspecified atom stereocenters. The van der Waals surface area contributed by atoms with E-state index in [1.807, 2.05) is 31.2 Å². The molecular weight excluding hydrogens is 308 g/mol. The molecule has 1 saturated heterocycles. The van der Waals surface area contributed by atoms with Crippen LogP contribution in [0.15, 0.2) is 36.4 Å².